The molecule has 0 spiro atoms. The molecule has 0 atom stereocenters. The molecule has 0 aromatic heterocycles. The van der Waals surface area contributed by atoms with Gasteiger partial charge in [0.2, 0.25) is 5.96 Å². The van der Waals surface area contributed by atoms with Crippen molar-refractivity contribution < 1.29 is 8.42 Å². The smallest absolute Gasteiger partial charge is 0.303 e. The molecule has 2 fully saturated rings. The van der Waals surface area contributed by atoms with Crippen molar-refractivity contribution in [3.8, 4) is 0 Å². The quantitative estimate of drug-likeness (QED) is 0.585. The molecule has 2 aliphatic heterocycles. The van der Waals surface area contributed by atoms with Crippen LogP contribution in [0.3, 0.4) is 0 Å². The summed E-state index contributed by atoms with van der Waals surface area (Å²) in [5, 5.41) is 0. The van der Waals surface area contributed by atoms with Gasteiger partial charge in [-0.15, -0.1) is 0 Å². The van der Waals surface area contributed by atoms with Gasteiger partial charge in [0.1, 0.15) is 0 Å². The first-order chi connectivity index (χ1) is 8.63. The number of rotatable bonds is 2. The second-order valence-corrected chi connectivity index (χ2v) is 6.48. The summed E-state index contributed by atoms with van der Waals surface area (Å²) < 4.78 is 28.6. The molecule has 0 bridgehead atoms. The van der Waals surface area contributed by atoms with Crippen molar-refractivity contribution in [1.29, 1.82) is 0 Å². The van der Waals surface area contributed by atoms with Gasteiger partial charge in [0, 0.05) is 33.2 Å². The van der Waals surface area contributed by atoms with Gasteiger partial charge in [0.05, 0.1) is 0 Å². The molecule has 6 nitrogen and oxygen atoms in total. The summed E-state index contributed by atoms with van der Waals surface area (Å²) in [5.74, 6) is 0.484. The fourth-order valence-electron chi connectivity index (χ4n) is 2.47. The Hall–Kier alpha value is -0.820. The van der Waals surface area contributed by atoms with Crippen LogP contribution in [0.25, 0.3) is 0 Å². The van der Waals surface area contributed by atoms with Crippen LogP contribution in [0.15, 0.2) is 4.99 Å². The number of piperidine rings is 1. The Morgan fingerprint density at radius 2 is 1.56 bits per heavy atom. The SMILES string of the molecule is CN=C(NS(=O)(=O)N1CCCCC1)N1CCCC1. The fraction of sp³-hybridized carbons (Fsp3) is 0.909. The largest absolute Gasteiger partial charge is 0.342 e. The third kappa shape index (κ3) is 3.14. The second kappa shape index (κ2) is 5.88. The van der Waals surface area contributed by atoms with Crippen LogP contribution in [0.4, 0.5) is 0 Å². The molecule has 7 heteroatoms. The summed E-state index contributed by atoms with van der Waals surface area (Å²) in [6.07, 6.45) is 5.22. The molecule has 0 aliphatic carbocycles. The molecule has 2 saturated heterocycles. The van der Waals surface area contributed by atoms with Gasteiger partial charge < -0.3 is 4.90 Å². The lowest BCUT2D eigenvalue weighted by molar-refractivity contribution is 0.343. The molecule has 18 heavy (non-hydrogen) atoms. The van der Waals surface area contributed by atoms with E-state index >= 15 is 0 Å². The number of aliphatic imine (C=N–C) groups is 1. The fourth-order valence-corrected chi connectivity index (χ4v) is 3.78. The van der Waals surface area contributed by atoms with E-state index in [1.165, 1.54) is 4.31 Å². The average molecular weight is 274 g/mol. The van der Waals surface area contributed by atoms with Crippen LogP contribution in [0.5, 0.6) is 0 Å². The summed E-state index contributed by atoms with van der Waals surface area (Å²) in [6, 6.07) is 0. The highest BCUT2D eigenvalue weighted by Gasteiger charge is 2.27. The van der Waals surface area contributed by atoms with Crippen LogP contribution in [-0.2, 0) is 10.2 Å². The highest BCUT2D eigenvalue weighted by molar-refractivity contribution is 7.87. The van der Waals surface area contributed by atoms with Gasteiger partial charge in [-0.05, 0) is 25.7 Å². The van der Waals surface area contributed by atoms with Gasteiger partial charge in [0.25, 0.3) is 0 Å². The van der Waals surface area contributed by atoms with Gasteiger partial charge in [-0.1, -0.05) is 6.42 Å². The Morgan fingerprint density at radius 3 is 2.11 bits per heavy atom. The molecule has 0 aromatic rings. The van der Waals surface area contributed by atoms with E-state index in [9.17, 15) is 8.42 Å². The number of nitrogens with zero attached hydrogens (tertiary/aromatic N) is 3. The summed E-state index contributed by atoms with van der Waals surface area (Å²) in [7, 11) is -1.79. The van der Waals surface area contributed by atoms with E-state index in [0.29, 0.717) is 19.0 Å². The van der Waals surface area contributed by atoms with E-state index < -0.39 is 10.2 Å². The summed E-state index contributed by atoms with van der Waals surface area (Å²) in [5.41, 5.74) is 0. The van der Waals surface area contributed by atoms with Gasteiger partial charge in [-0.25, -0.2) is 4.72 Å². The molecular weight excluding hydrogens is 252 g/mol. The Bertz CT molecular complexity index is 395. The van der Waals surface area contributed by atoms with Crippen molar-refractivity contribution in [1.82, 2.24) is 13.9 Å². The third-order valence-corrected chi connectivity index (χ3v) is 4.98. The molecule has 2 heterocycles. The lowest BCUT2D eigenvalue weighted by Crippen LogP contribution is -2.50. The third-order valence-electron chi connectivity index (χ3n) is 3.49. The first-order valence-electron chi connectivity index (χ1n) is 6.63. The maximum atomic E-state index is 12.2. The van der Waals surface area contributed by atoms with Gasteiger partial charge in [-0.2, -0.15) is 12.7 Å². The van der Waals surface area contributed by atoms with Crippen molar-refractivity contribution in [2.45, 2.75) is 32.1 Å². The van der Waals surface area contributed by atoms with E-state index in [2.05, 4.69) is 9.71 Å². The van der Waals surface area contributed by atoms with Crippen LogP contribution in [0.1, 0.15) is 32.1 Å². The molecule has 0 unspecified atom stereocenters. The molecule has 2 aliphatic rings. The Balaban J connectivity index is 2.01. The van der Waals surface area contributed by atoms with Crippen LogP contribution in [0, 0.1) is 0 Å². The van der Waals surface area contributed by atoms with Gasteiger partial charge in [-0.3, -0.25) is 4.99 Å². The van der Waals surface area contributed by atoms with Crippen molar-refractivity contribution in [3.05, 3.63) is 0 Å². The summed E-state index contributed by atoms with van der Waals surface area (Å²) in [4.78, 5) is 6.08. The molecule has 0 aromatic carbocycles. The Labute approximate surface area is 109 Å². The first-order valence-corrected chi connectivity index (χ1v) is 8.07. The zero-order valence-electron chi connectivity index (χ0n) is 10.9. The van der Waals surface area contributed by atoms with Crippen LogP contribution < -0.4 is 4.72 Å². The van der Waals surface area contributed by atoms with E-state index in [1.54, 1.807) is 7.05 Å². The number of hydrogen-bond donors (Lipinski definition) is 1. The van der Waals surface area contributed by atoms with Crippen molar-refractivity contribution in [2.75, 3.05) is 33.2 Å². The molecular formula is C11H22N4O2S. The topological polar surface area (TPSA) is 65.0 Å². The molecule has 2 rings (SSSR count). The highest BCUT2D eigenvalue weighted by Crippen LogP contribution is 2.13. The lowest BCUT2D eigenvalue weighted by Gasteiger charge is -2.28. The Morgan fingerprint density at radius 1 is 1.00 bits per heavy atom. The minimum atomic E-state index is -3.42. The number of nitrogens with one attached hydrogen (secondary N) is 1. The molecule has 0 radical (unpaired) electrons. The van der Waals surface area contributed by atoms with Crippen LogP contribution >= 0.6 is 0 Å². The predicted octanol–water partition coefficient (Wildman–Crippen LogP) is 0.388. The number of likely N-dealkylation sites (tertiary alicyclic amines) is 1. The van der Waals surface area contributed by atoms with E-state index in [0.717, 1.165) is 45.2 Å². The minimum Gasteiger partial charge on any atom is -0.342 e. The minimum absolute atomic E-state index is 0.484. The monoisotopic (exact) mass is 274 g/mol. The predicted molar refractivity (Wildman–Crippen MR) is 71.6 cm³/mol. The van der Waals surface area contributed by atoms with E-state index in [-0.39, 0.29) is 0 Å². The van der Waals surface area contributed by atoms with Gasteiger partial charge in [0.15, 0.2) is 0 Å². The van der Waals surface area contributed by atoms with Crippen LogP contribution in [-0.4, -0.2) is 56.8 Å². The lowest BCUT2D eigenvalue weighted by atomic mass is 10.2. The average Bonchev–Trinajstić information content (AvgIpc) is 2.91. The molecule has 104 valence electrons. The zero-order chi connectivity index (χ0) is 13.0. The zero-order valence-corrected chi connectivity index (χ0v) is 11.7. The van der Waals surface area contributed by atoms with Crippen molar-refractivity contribution >= 4 is 16.2 Å². The van der Waals surface area contributed by atoms with E-state index in [1.807, 2.05) is 4.90 Å². The maximum absolute atomic E-state index is 12.2. The summed E-state index contributed by atoms with van der Waals surface area (Å²) >= 11 is 0. The first kappa shape index (κ1) is 13.6. The highest BCUT2D eigenvalue weighted by atomic mass is 32.2. The van der Waals surface area contributed by atoms with Gasteiger partial charge >= 0.3 is 10.2 Å². The van der Waals surface area contributed by atoms with E-state index in [4.69, 9.17) is 0 Å². The maximum Gasteiger partial charge on any atom is 0.303 e. The van der Waals surface area contributed by atoms with Crippen LogP contribution in [0.2, 0.25) is 0 Å². The number of hydrogen-bond acceptors (Lipinski definition) is 3. The summed E-state index contributed by atoms with van der Waals surface area (Å²) in [6.45, 7) is 3.00. The van der Waals surface area contributed by atoms with Crippen molar-refractivity contribution in [2.24, 2.45) is 4.99 Å². The molecule has 0 amide bonds. The standard InChI is InChI=1S/C11H22N4O2S/c1-12-11(14-7-5-6-8-14)13-18(16,17)15-9-3-2-4-10-15/h2-10H2,1H3,(H,12,13). The molecule has 1 N–H and O–H groups in total. The normalized spacial score (nSPS) is 23.4. The molecule has 0 saturated carbocycles. The number of guanidine groups is 1. The second-order valence-electron chi connectivity index (χ2n) is 4.81. The van der Waals surface area contributed by atoms with Crippen molar-refractivity contribution in [3.63, 3.8) is 0 Å². The Kier molecular flexibility index (Phi) is 4.45.